The lowest BCUT2D eigenvalue weighted by molar-refractivity contribution is -0.120. The minimum absolute atomic E-state index is 0.0482. The number of ether oxygens (including phenoxy) is 3. The predicted octanol–water partition coefficient (Wildman–Crippen LogP) is 2.29. The van der Waals surface area contributed by atoms with Gasteiger partial charge >= 0.3 is 6.03 Å². The molecule has 3 amide bonds. The van der Waals surface area contributed by atoms with Crippen molar-refractivity contribution in [2.45, 2.75) is 0 Å². The molecule has 29 heavy (non-hydrogen) atoms. The molecular formula is C20H24N4O5. The Hall–Kier alpha value is -3.62. The van der Waals surface area contributed by atoms with Crippen LogP contribution in [0.5, 0.6) is 17.2 Å². The first-order valence-corrected chi connectivity index (χ1v) is 9.04. The number of methoxy groups -OCH3 is 3. The molecule has 0 aromatic heterocycles. The number of rotatable bonds is 6. The third kappa shape index (κ3) is 4.63. The van der Waals surface area contributed by atoms with E-state index in [2.05, 4.69) is 16.0 Å². The maximum Gasteiger partial charge on any atom is 0.323 e. The molecule has 1 saturated heterocycles. The van der Waals surface area contributed by atoms with Crippen LogP contribution in [0.2, 0.25) is 0 Å². The van der Waals surface area contributed by atoms with E-state index in [0.29, 0.717) is 41.7 Å². The van der Waals surface area contributed by atoms with Crippen molar-refractivity contribution in [1.29, 1.82) is 0 Å². The molecule has 3 rings (SSSR count). The lowest BCUT2D eigenvalue weighted by Gasteiger charge is -2.30. The van der Waals surface area contributed by atoms with Crippen LogP contribution < -0.4 is 35.1 Å². The van der Waals surface area contributed by atoms with E-state index < -0.39 is 6.03 Å². The highest BCUT2D eigenvalue weighted by Crippen LogP contribution is 2.40. The molecule has 1 aliphatic rings. The summed E-state index contributed by atoms with van der Waals surface area (Å²) >= 11 is 0. The molecule has 0 unspecified atom stereocenters. The highest BCUT2D eigenvalue weighted by Gasteiger charge is 2.20. The van der Waals surface area contributed by atoms with Gasteiger partial charge in [0.05, 0.1) is 44.9 Å². The van der Waals surface area contributed by atoms with Crippen LogP contribution in [0.1, 0.15) is 0 Å². The van der Waals surface area contributed by atoms with E-state index in [1.165, 1.54) is 21.3 Å². The van der Waals surface area contributed by atoms with Crippen LogP contribution in [0.15, 0.2) is 36.4 Å². The fourth-order valence-corrected chi connectivity index (χ4v) is 3.14. The first kappa shape index (κ1) is 20.1. The largest absolute Gasteiger partial charge is 0.493 e. The first-order chi connectivity index (χ1) is 14.0. The van der Waals surface area contributed by atoms with Crippen molar-refractivity contribution in [3.8, 4) is 17.2 Å². The van der Waals surface area contributed by atoms with Crippen molar-refractivity contribution >= 4 is 29.0 Å². The minimum atomic E-state index is -0.437. The molecule has 3 N–H and O–H groups in total. The molecule has 9 nitrogen and oxygen atoms in total. The number of hydrogen-bond donors (Lipinski definition) is 3. The Balaban J connectivity index is 1.77. The molecular weight excluding hydrogens is 376 g/mol. The second kappa shape index (κ2) is 9.05. The molecule has 154 valence electrons. The number of piperazine rings is 1. The van der Waals surface area contributed by atoms with Crippen LogP contribution in [0.3, 0.4) is 0 Å². The number of benzene rings is 2. The zero-order chi connectivity index (χ0) is 20.8. The summed E-state index contributed by atoms with van der Waals surface area (Å²) in [7, 11) is 4.52. The van der Waals surface area contributed by atoms with Gasteiger partial charge in [-0.3, -0.25) is 4.79 Å². The third-order valence-electron chi connectivity index (χ3n) is 4.45. The number of para-hydroxylation sites is 2. The molecule has 0 aliphatic carbocycles. The van der Waals surface area contributed by atoms with Gasteiger partial charge in [-0.1, -0.05) is 12.1 Å². The van der Waals surface area contributed by atoms with E-state index in [4.69, 9.17) is 14.2 Å². The normalized spacial score (nSPS) is 13.3. The molecule has 9 heteroatoms. The zero-order valence-corrected chi connectivity index (χ0v) is 16.6. The van der Waals surface area contributed by atoms with E-state index in [1.807, 2.05) is 23.1 Å². The molecule has 0 saturated carbocycles. The lowest BCUT2D eigenvalue weighted by Crippen LogP contribution is -2.48. The number of urea groups is 1. The SMILES string of the molecule is COc1cc(NC(=O)Nc2ccccc2N2CCNC(=O)C2)cc(OC)c1OC. The molecule has 1 fully saturated rings. The van der Waals surface area contributed by atoms with Gasteiger partial charge in [-0.15, -0.1) is 0 Å². The number of carbonyl (C=O) groups is 2. The second-order valence-electron chi connectivity index (χ2n) is 6.28. The summed E-state index contributed by atoms with van der Waals surface area (Å²) in [5.74, 6) is 1.26. The zero-order valence-electron chi connectivity index (χ0n) is 16.6. The van der Waals surface area contributed by atoms with Crippen LogP contribution in [0.25, 0.3) is 0 Å². The quantitative estimate of drug-likeness (QED) is 0.688. The van der Waals surface area contributed by atoms with Crippen LogP contribution in [0.4, 0.5) is 21.9 Å². The van der Waals surface area contributed by atoms with Gasteiger partial charge in [-0.05, 0) is 12.1 Å². The Bertz CT molecular complexity index is 877. The summed E-state index contributed by atoms with van der Waals surface area (Å²) in [5.41, 5.74) is 1.86. The number of nitrogens with zero attached hydrogens (tertiary/aromatic N) is 1. The molecule has 0 atom stereocenters. The number of amides is 3. The van der Waals surface area contributed by atoms with E-state index in [9.17, 15) is 9.59 Å². The Labute approximate surface area is 168 Å². The van der Waals surface area contributed by atoms with Gasteiger partial charge in [0.2, 0.25) is 11.7 Å². The van der Waals surface area contributed by atoms with E-state index >= 15 is 0 Å². The Morgan fingerprint density at radius 2 is 1.72 bits per heavy atom. The van der Waals surface area contributed by atoms with E-state index in [0.717, 1.165) is 5.69 Å². The summed E-state index contributed by atoms with van der Waals surface area (Å²) in [4.78, 5) is 26.2. The standard InChI is InChI=1S/C20H24N4O5/c1-27-16-10-13(11-17(28-2)19(16)29-3)22-20(26)23-14-6-4-5-7-15(14)24-9-8-21-18(25)12-24/h4-7,10-11H,8-9,12H2,1-3H3,(H,21,25)(H2,22,23,26). The number of carbonyl (C=O) groups excluding carboxylic acids is 2. The number of nitrogens with one attached hydrogen (secondary N) is 3. The molecule has 2 aromatic rings. The second-order valence-corrected chi connectivity index (χ2v) is 6.28. The minimum Gasteiger partial charge on any atom is -0.493 e. The Morgan fingerprint density at radius 3 is 2.34 bits per heavy atom. The topological polar surface area (TPSA) is 101 Å². The van der Waals surface area contributed by atoms with Crippen LogP contribution in [-0.4, -0.2) is 52.9 Å². The van der Waals surface area contributed by atoms with Gasteiger partial charge < -0.3 is 35.1 Å². The van der Waals surface area contributed by atoms with Crippen LogP contribution in [-0.2, 0) is 4.79 Å². The van der Waals surface area contributed by atoms with Crippen molar-refractivity contribution in [1.82, 2.24) is 5.32 Å². The van der Waals surface area contributed by atoms with Crippen molar-refractivity contribution in [2.75, 3.05) is 56.5 Å². The monoisotopic (exact) mass is 400 g/mol. The lowest BCUT2D eigenvalue weighted by atomic mass is 10.2. The smallest absolute Gasteiger partial charge is 0.323 e. The van der Waals surface area contributed by atoms with Gasteiger partial charge in [0.25, 0.3) is 0 Å². The molecule has 0 bridgehead atoms. The molecule has 1 aliphatic heterocycles. The van der Waals surface area contributed by atoms with Gasteiger partial charge in [0, 0.05) is 25.2 Å². The van der Waals surface area contributed by atoms with Crippen molar-refractivity contribution in [3.63, 3.8) is 0 Å². The first-order valence-electron chi connectivity index (χ1n) is 9.04. The summed E-state index contributed by atoms with van der Waals surface area (Å²) in [6.07, 6.45) is 0. The summed E-state index contributed by atoms with van der Waals surface area (Å²) in [5, 5.41) is 8.40. The van der Waals surface area contributed by atoms with Gasteiger partial charge in [-0.25, -0.2) is 4.79 Å². The Kier molecular flexibility index (Phi) is 6.28. The van der Waals surface area contributed by atoms with Gasteiger partial charge in [-0.2, -0.15) is 0 Å². The van der Waals surface area contributed by atoms with Crippen molar-refractivity contribution in [3.05, 3.63) is 36.4 Å². The predicted molar refractivity (Wildman–Crippen MR) is 110 cm³/mol. The average molecular weight is 400 g/mol. The maximum atomic E-state index is 12.6. The van der Waals surface area contributed by atoms with E-state index in [1.54, 1.807) is 18.2 Å². The summed E-state index contributed by atoms with van der Waals surface area (Å²) < 4.78 is 15.9. The highest BCUT2D eigenvalue weighted by atomic mass is 16.5. The van der Waals surface area contributed by atoms with Crippen LogP contribution in [0, 0.1) is 0 Å². The van der Waals surface area contributed by atoms with E-state index in [-0.39, 0.29) is 12.5 Å². The fraction of sp³-hybridized carbons (Fsp3) is 0.300. The fourth-order valence-electron chi connectivity index (χ4n) is 3.14. The van der Waals surface area contributed by atoms with Crippen molar-refractivity contribution < 1.29 is 23.8 Å². The Morgan fingerprint density at radius 1 is 1.03 bits per heavy atom. The highest BCUT2D eigenvalue weighted by molar-refractivity contribution is 6.02. The number of hydrogen-bond acceptors (Lipinski definition) is 6. The van der Waals surface area contributed by atoms with Gasteiger partial charge in [0.1, 0.15) is 0 Å². The van der Waals surface area contributed by atoms with Crippen LogP contribution >= 0.6 is 0 Å². The molecule has 2 aromatic carbocycles. The van der Waals surface area contributed by atoms with Crippen molar-refractivity contribution in [2.24, 2.45) is 0 Å². The molecule has 0 radical (unpaired) electrons. The number of anilines is 3. The molecule has 1 heterocycles. The third-order valence-corrected chi connectivity index (χ3v) is 4.45. The maximum absolute atomic E-state index is 12.6. The average Bonchev–Trinajstić information content (AvgIpc) is 2.73. The van der Waals surface area contributed by atoms with Gasteiger partial charge in [0.15, 0.2) is 11.5 Å². The molecule has 0 spiro atoms. The summed E-state index contributed by atoms with van der Waals surface area (Å²) in [6.45, 7) is 1.47. The summed E-state index contributed by atoms with van der Waals surface area (Å²) in [6, 6.07) is 10.2.